The van der Waals surface area contributed by atoms with Gasteiger partial charge in [-0.2, -0.15) is 0 Å². The van der Waals surface area contributed by atoms with Gasteiger partial charge >= 0.3 is 5.97 Å². The van der Waals surface area contributed by atoms with E-state index in [1.165, 1.54) is 5.56 Å². The van der Waals surface area contributed by atoms with Crippen molar-refractivity contribution in [3.05, 3.63) is 35.5 Å². The minimum atomic E-state index is -0.850. The molecule has 0 aliphatic heterocycles. The third-order valence-corrected chi connectivity index (χ3v) is 4.84. The van der Waals surface area contributed by atoms with E-state index in [4.69, 9.17) is 5.11 Å². The van der Waals surface area contributed by atoms with E-state index >= 15 is 0 Å². The Balaban J connectivity index is 1.62. The smallest absolute Gasteiger partial charge is 0.305 e. The van der Waals surface area contributed by atoms with Crippen LogP contribution in [0.15, 0.2) is 24.4 Å². The second-order valence-electron chi connectivity index (χ2n) is 6.56. The Kier molecular flexibility index (Phi) is 4.11. The van der Waals surface area contributed by atoms with Crippen LogP contribution in [0.3, 0.4) is 0 Å². The molecule has 0 radical (unpaired) electrons. The minimum Gasteiger partial charge on any atom is -0.481 e. The number of carboxylic acid groups (broad SMARTS) is 1. The first-order valence-corrected chi connectivity index (χ1v) is 8.07. The molecule has 0 spiro atoms. The van der Waals surface area contributed by atoms with E-state index in [9.17, 15) is 9.59 Å². The van der Waals surface area contributed by atoms with Gasteiger partial charge in [0.25, 0.3) is 0 Å². The molecule has 0 saturated heterocycles. The van der Waals surface area contributed by atoms with Gasteiger partial charge in [-0.25, -0.2) is 0 Å². The summed E-state index contributed by atoms with van der Waals surface area (Å²) in [5.41, 5.74) is 2.91. The Morgan fingerprint density at radius 2 is 2.13 bits per heavy atom. The standard InChI is InChI=1S/C18H22N2O3/c1-12-4-2-5-14-13(11-19-17(12)14)6-7-15(21)20-18(8-3-9-18)10-16(22)23/h2,4-5,11,19H,3,6-10H2,1H3,(H,20,21)(H,22,23). The van der Waals surface area contributed by atoms with Gasteiger partial charge in [0.2, 0.25) is 5.91 Å². The van der Waals surface area contributed by atoms with Crippen molar-refractivity contribution in [1.82, 2.24) is 10.3 Å². The molecule has 1 amide bonds. The highest BCUT2D eigenvalue weighted by atomic mass is 16.4. The van der Waals surface area contributed by atoms with Crippen molar-refractivity contribution in [1.29, 1.82) is 0 Å². The quantitative estimate of drug-likeness (QED) is 0.766. The summed E-state index contributed by atoms with van der Waals surface area (Å²) in [6.07, 6.45) is 5.51. The normalized spacial score (nSPS) is 16.0. The second-order valence-corrected chi connectivity index (χ2v) is 6.56. The number of H-pyrrole nitrogens is 1. The molecule has 3 rings (SSSR count). The number of amides is 1. The highest BCUT2D eigenvalue weighted by Gasteiger charge is 2.40. The maximum Gasteiger partial charge on any atom is 0.305 e. The molecule has 0 bridgehead atoms. The molecule has 1 saturated carbocycles. The van der Waals surface area contributed by atoms with Crippen molar-refractivity contribution in [3.63, 3.8) is 0 Å². The Morgan fingerprint density at radius 1 is 1.35 bits per heavy atom. The highest BCUT2D eigenvalue weighted by Crippen LogP contribution is 2.35. The first-order chi connectivity index (χ1) is 11.0. The fourth-order valence-corrected chi connectivity index (χ4v) is 3.42. The molecule has 1 aliphatic carbocycles. The van der Waals surface area contributed by atoms with Gasteiger partial charge in [0.1, 0.15) is 0 Å². The number of hydrogen-bond donors (Lipinski definition) is 3. The third kappa shape index (κ3) is 3.23. The van der Waals surface area contributed by atoms with Crippen LogP contribution < -0.4 is 5.32 Å². The minimum absolute atomic E-state index is 0.0189. The number of carbonyl (C=O) groups excluding carboxylic acids is 1. The van der Waals surface area contributed by atoms with Crippen LogP contribution in [0, 0.1) is 6.92 Å². The molecule has 1 aliphatic rings. The molecule has 5 heteroatoms. The summed E-state index contributed by atoms with van der Waals surface area (Å²) in [4.78, 5) is 26.4. The van der Waals surface area contributed by atoms with E-state index < -0.39 is 11.5 Å². The lowest BCUT2D eigenvalue weighted by molar-refractivity contribution is -0.140. The Labute approximate surface area is 135 Å². The van der Waals surface area contributed by atoms with E-state index in [-0.39, 0.29) is 12.3 Å². The molecule has 1 heterocycles. The summed E-state index contributed by atoms with van der Waals surface area (Å²) in [6, 6.07) is 6.14. The first-order valence-electron chi connectivity index (χ1n) is 8.07. The summed E-state index contributed by atoms with van der Waals surface area (Å²) < 4.78 is 0. The number of nitrogens with one attached hydrogen (secondary N) is 2. The molecule has 122 valence electrons. The second kappa shape index (κ2) is 6.07. The fraction of sp³-hybridized carbons (Fsp3) is 0.444. The number of aryl methyl sites for hydroxylation is 2. The molecule has 0 atom stereocenters. The number of aromatic nitrogens is 1. The molecule has 0 unspecified atom stereocenters. The maximum atomic E-state index is 12.2. The van der Waals surface area contributed by atoms with Gasteiger partial charge in [-0.1, -0.05) is 18.2 Å². The van der Waals surface area contributed by atoms with E-state index in [0.29, 0.717) is 12.8 Å². The predicted octanol–water partition coefficient (Wildman–Crippen LogP) is 2.92. The monoisotopic (exact) mass is 314 g/mol. The van der Waals surface area contributed by atoms with Crippen molar-refractivity contribution in [2.24, 2.45) is 0 Å². The van der Waals surface area contributed by atoms with Crippen molar-refractivity contribution in [2.45, 2.75) is 51.0 Å². The number of rotatable bonds is 6. The molecule has 1 aromatic carbocycles. The van der Waals surface area contributed by atoms with E-state index in [1.54, 1.807) is 0 Å². The molecule has 5 nitrogen and oxygen atoms in total. The summed E-state index contributed by atoms with van der Waals surface area (Å²) in [5, 5.41) is 13.1. The van der Waals surface area contributed by atoms with Crippen LogP contribution in [-0.2, 0) is 16.0 Å². The molecular formula is C18H22N2O3. The zero-order chi connectivity index (χ0) is 16.4. The predicted molar refractivity (Wildman–Crippen MR) is 88.3 cm³/mol. The van der Waals surface area contributed by atoms with Gasteiger partial charge in [-0.3, -0.25) is 9.59 Å². The summed E-state index contributed by atoms with van der Waals surface area (Å²) in [7, 11) is 0. The van der Waals surface area contributed by atoms with Gasteiger partial charge in [-0.15, -0.1) is 0 Å². The molecule has 1 aromatic heterocycles. The number of aliphatic carboxylic acids is 1. The average Bonchev–Trinajstić information content (AvgIpc) is 2.87. The van der Waals surface area contributed by atoms with Gasteiger partial charge in [0, 0.05) is 23.5 Å². The molecule has 2 aromatic rings. The topological polar surface area (TPSA) is 82.2 Å². The Morgan fingerprint density at radius 3 is 2.78 bits per heavy atom. The van der Waals surface area contributed by atoms with Gasteiger partial charge in [0.05, 0.1) is 12.0 Å². The lowest BCUT2D eigenvalue weighted by Gasteiger charge is -2.41. The van der Waals surface area contributed by atoms with Gasteiger partial charge in [-0.05, 0) is 43.7 Å². The van der Waals surface area contributed by atoms with Gasteiger partial charge < -0.3 is 15.4 Å². The van der Waals surface area contributed by atoms with Crippen LogP contribution in [0.1, 0.15) is 43.2 Å². The molecule has 1 fully saturated rings. The Hall–Kier alpha value is -2.30. The summed E-state index contributed by atoms with van der Waals surface area (Å²) in [5.74, 6) is -0.912. The highest BCUT2D eigenvalue weighted by molar-refractivity contribution is 5.86. The number of benzene rings is 1. The molecular weight excluding hydrogens is 292 g/mol. The number of para-hydroxylation sites is 1. The first kappa shape index (κ1) is 15.6. The van der Waals surface area contributed by atoms with Crippen LogP contribution in [-0.4, -0.2) is 27.5 Å². The number of aromatic amines is 1. The number of carboxylic acids is 1. The van der Waals surface area contributed by atoms with Crippen molar-refractivity contribution < 1.29 is 14.7 Å². The van der Waals surface area contributed by atoms with Crippen molar-refractivity contribution >= 4 is 22.8 Å². The molecule has 23 heavy (non-hydrogen) atoms. The summed E-state index contributed by atoms with van der Waals surface area (Å²) in [6.45, 7) is 2.06. The van der Waals surface area contributed by atoms with Crippen LogP contribution >= 0.6 is 0 Å². The lowest BCUT2D eigenvalue weighted by Crippen LogP contribution is -2.54. The molecule has 3 N–H and O–H groups in total. The van der Waals surface area contributed by atoms with Crippen molar-refractivity contribution in [3.8, 4) is 0 Å². The Bertz CT molecular complexity index is 744. The average molecular weight is 314 g/mol. The fourth-order valence-electron chi connectivity index (χ4n) is 3.42. The summed E-state index contributed by atoms with van der Waals surface area (Å²) >= 11 is 0. The third-order valence-electron chi connectivity index (χ3n) is 4.84. The zero-order valence-electron chi connectivity index (χ0n) is 13.3. The zero-order valence-corrected chi connectivity index (χ0v) is 13.3. The number of carbonyl (C=O) groups is 2. The van der Waals surface area contributed by atoms with Gasteiger partial charge in [0.15, 0.2) is 0 Å². The van der Waals surface area contributed by atoms with E-state index in [1.807, 2.05) is 12.3 Å². The van der Waals surface area contributed by atoms with Crippen LogP contribution in [0.5, 0.6) is 0 Å². The van der Waals surface area contributed by atoms with Crippen LogP contribution in [0.25, 0.3) is 10.9 Å². The van der Waals surface area contributed by atoms with Crippen molar-refractivity contribution in [2.75, 3.05) is 0 Å². The largest absolute Gasteiger partial charge is 0.481 e. The van der Waals surface area contributed by atoms with Crippen LogP contribution in [0.4, 0.5) is 0 Å². The van der Waals surface area contributed by atoms with Crippen LogP contribution in [0.2, 0.25) is 0 Å². The lowest BCUT2D eigenvalue weighted by atomic mass is 9.74. The SMILES string of the molecule is Cc1cccc2c(CCC(=O)NC3(CC(=O)O)CCC3)c[nH]c12. The van der Waals surface area contributed by atoms with E-state index in [2.05, 4.69) is 29.4 Å². The van der Waals surface area contributed by atoms with E-state index in [0.717, 1.165) is 35.7 Å². The number of fused-ring (bicyclic) bond motifs is 1. The number of hydrogen-bond acceptors (Lipinski definition) is 2. The maximum absolute atomic E-state index is 12.2.